The molecule has 1 aromatic carbocycles. The van der Waals surface area contributed by atoms with Gasteiger partial charge < -0.3 is 15.5 Å². The fourth-order valence-electron chi connectivity index (χ4n) is 1.51. The van der Waals surface area contributed by atoms with Gasteiger partial charge in [-0.05, 0) is 19.1 Å². The minimum Gasteiger partial charge on any atom is -0.506 e. The second-order valence-electron chi connectivity index (χ2n) is 3.79. The van der Waals surface area contributed by atoms with Gasteiger partial charge in [0.2, 0.25) is 0 Å². The van der Waals surface area contributed by atoms with Gasteiger partial charge in [0.25, 0.3) is 0 Å². The number of aromatic carboxylic acids is 1. The van der Waals surface area contributed by atoms with Crippen LogP contribution in [-0.2, 0) is 0 Å². The van der Waals surface area contributed by atoms with Crippen molar-refractivity contribution in [2.45, 2.75) is 6.92 Å². The lowest BCUT2D eigenvalue weighted by molar-refractivity contribution is 0.0697. The summed E-state index contributed by atoms with van der Waals surface area (Å²) < 4.78 is 0. The van der Waals surface area contributed by atoms with Crippen molar-refractivity contribution in [3.8, 4) is 5.75 Å². The van der Waals surface area contributed by atoms with Crippen molar-refractivity contribution in [2.24, 2.45) is 0 Å². The minimum absolute atomic E-state index is 0.0676. The lowest BCUT2D eigenvalue weighted by atomic mass is 10.2. The number of hydrogen-bond donors (Lipinski definition) is 3. The summed E-state index contributed by atoms with van der Waals surface area (Å²) in [6, 6.07) is 10.3. The molecule has 2 aromatic rings. The SMILES string of the molecule is Cc1nc(Nc2ccccc2)c(C(=O)O)cc1O. The number of aromatic nitrogens is 1. The number of anilines is 2. The van der Waals surface area contributed by atoms with Crippen LogP contribution in [0.4, 0.5) is 11.5 Å². The van der Waals surface area contributed by atoms with Crippen LogP contribution in [0.15, 0.2) is 36.4 Å². The molecule has 0 spiro atoms. The van der Waals surface area contributed by atoms with E-state index in [0.29, 0.717) is 5.69 Å². The Morgan fingerprint density at radius 2 is 1.94 bits per heavy atom. The van der Waals surface area contributed by atoms with Gasteiger partial charge in [0, 0.05) is 11.8 Å². The van der Waals surface area contributed by atoms with Gasteiger partial charge in [0.05, 0.1) is 5.69 Å². The van der Waals surface area contributed by atoms with Crippen LogP contribution in [-0.4, -0.2) is 21.2 Å². The first kappa shape index (κ1) is 11.9. The molecule has 5 nitrogen and oxygen atoms in total. The third-order valence-corrected chi connectivity index (χ3v) is 2.45. The van der Waals surface area contributed by atoms with E-state index in [1.165, 1.54) is 6.07 Å². The normalized spacial score (nSPS) is 10.1. The quantitative estimate of drug-likeness (QED) is 0.772. The van der Waals surface area contributed by atoms with Crippen LogP contribution in [0.25, 0.3) is 0 Å². The molecule has 92 valence electrons. The number of carboxylic acids is 1. The number of aromatic hydroxyl groups is 1. The standard InChI is InChI=1S/C13H12N2O3/c1-8-11(16)7-10(13(17)18)12(14-8)15-9-5-3-2-4-6-9/h2-7,16H,1H3,(H,14,15)(H,17,18). The van der Waals surface area contributed by atoms with Gasteiger partial charge in [0.1, 0.15) is 17.1 Å². The highest BCUT2D eigenvalue weighted by Crippen LogP contribution is 2.24. The Labute approximate surface area is 104 Å². The summed E-state index contributed by atoms with van der Waals surface area (Å²) >= 11 is 0. The summed E-state index contributed by atoms with van der Waals surface area (Å²) in [5.41, 5.74) is 1.04. The van der Waals surface area contributed by atoms with Crippen LogP contribution >= 0.6 is 0 Å². The van der Waals surface area contributed by atoms with Gasteiger partial charge in [-0.25, -0.2) is 9.78 Å². The van der Waals surface area contributed by atoms with Crippen LogP contribution in [0.3, 0.4) is 0 Å². The van der Waals surface area contributed by atoms with Crippen molar-refractivity contribution in [3.63, 3.8) is 0 Å². The molecule has 0 bridgehead atoms. The first-order valence-electron chi connectivity index (χ1n) is 5.34. The van der Waals surface area contributed by atoms with Crippen LogP contribution in [0.5, 0.6) is 5.75 Å². The molecule has 0 atom stereocenters. The Hall–Kier alpha value is -2.56. The second kappa shape index (κ2) is 4.75. The number of nitrogens with zero attached hydrogens (tertiary/aromatic N) is 1. The van der Waals surface area contributed by atoms with Crippen molar-refractivity contribution in [2.75, 3.05) is 5.32 Å². The zero-order valence-corrected chi connectivity index (χ0v) is 9.71. The first-order chi connectivity index (χ1) is 8.58. The Morgan fingerprint density at radius 1 is 1.28 bits per heavy atom. The first-order valence-corrected chi connectivity index (χ1v) is 5.34. The summed E-state index contributed by atoms with van der Waals surface area (Å²) in [7, 11) is 0. The van der Waals surface area contributed by atoms with Gasteiger partial charge >= 0.3 is 5.97 Å². The van der Waals surface area contributed by atoms with Gasteiger partial charge in [-0.1, -0.05) is 18.2 Å². The summed E-state index contributed by atoms with van der Waals surface area (Å²) in [5.74, 6) is -1.06. The van der Waals surface area contributed by atoms with E-state index >= 15 is 0 Å². The molecule has 1 aromatic heterocycles. The molecule has 2 rings (SSSR count). The summed E-state index contributed by atoms with van der Waals surface area (Å²) in [4.78, 5) is 15.1. The van der Waals surface area contributed by atoms with E-state index in [1.54, 1.807) is 19.1 Å². The molecule has 0 unspecified atom stereocenters. The van der Waals surface area contributed by atoms with Crippen LogP contribution in [0, 0.1) is 6.92 Å². The van der Waals surface area contributed by atoms with E-state index < -0.39 is 5.97 Å². The molecule has 0 aliphatic rings. The van der Waals surface area contributed by atoms with Gasteiger partial charge in [-0.2, -0.15) is 0 Å². The van der Waals surface area contributed by atoms with Crippen molar-refractivity contribution in [3.05, 3.63) is 47.7 Å². The van der Waals surface area contributed by atoms with Crippen LogP contribution < -0.4 is 5.32 Å². The van der Waals surface area contributed by atoms with Crippen molar-refractivity contribution < 1.29 is 15.0 Å². The second-order valence-corrected chi connectivity index (χ2v) is 3.79. The Morgan fingerprint density at radius 3 is 2.56 bits per heavy atom. The third-order valence-electron chi connectivity index (χ3n) is 2.45. The largest absolute Gasteiger partial charge is 0.506 e. The fraction of sp³-hybridized carbons (Fsp3) is 0.0769. The van der Waals surface area contributed by atoms with E-state index in [2.05, 4.69) is 10.3 Å². The van der Waals surface area contributed by atoms with Crippen molar-refractivity contribution in [1.82, 2.24) is 4.98 Å². The number of carbonyl (C=O) groups is 1. The molecule has 0 saturated heterocycles. The number of aryl methyl sites for hydroxylation is 1. The number of benzene rings is 1. The number of nitrogens with one attached hydrogen (secondary N) is 1. The van der Waals surface area contributed by atoms with Crippen molar-refractivity contribution in [1.29, 1.82) is 0 Å². The summed E-state index contributed by atoms with van der Waals surface area (Å²) in [5, 5.41) is 21.5. The van der Waals surface area contributed by atoms with Gasteiger partial charge in [-0.15, -0.1) is 0 Å². The molecule has 0 aliphatic heterocycles. The number of carboxylic acid groups (broad SMARTS) is 1. The third kappa shape index (κ3) is 2.40. The maximum absolute atomic E-state index is 11.1. The molecule has 0 saturated carbocycles. The van der Waals surface area contributed by atoms with Gasteiger partial charge in [0.15, 0.2) is 0 Å². The fourth-order valence-corrected chi connectivity index (χ4v) is 1.51. The maximum Gasteiger partial charge on any atom is 0.339 e. The van der Waals surface area contributed by atoms with Crippen LogP contribution in [0.2, 0.25) is 0 Å². The monoisotopic (exact) mass is 244 g/mol. The highest BCUT2D eigenvalue weighted by atomic mass is 16.4. The smallest absolute Gasteiger partial charge is 0.339 e. The molecule has 0 aliphatic carbocycles. The topological polar surface area (TPSA) is 82.5 Å². The molecule has 0 fully saturated rings. The Bertz CT molecular complexity index is 582. The number of para-hydroxylation sites is 1. The predicted octanol–water partition coefficient (Wildman–Crippen LogP) is 2.54. The lowest BCUT2D eigenvalue weighted by Gasteiger charge is -2.10. The van der Waals surface area contributed by atoms with E-state index in [4.69, 9.17) is 5.11 Å². The van der Waals surface area contributed by atoms with E-state index in [1.807, 2.05) is 18.2 Å². The molecule has 5 heteroatoms. The Kier molecular flexibility index (Phi) is 3.14. The average Bonchev–Trinajstić information content (AvgIpc) is 2.34. The molecular weight excluding hydrogens is 232 g/mol. The maximum atomic E-state index is 11.1. The Balaban J connectivity index is 2.43. The van der Waals surface area contributed by atoms with Gasteiger partial charge in [-0.3, -0.25) is 0 Å². The summed E-state index contributed by atoms with van der Waals surface area (Å²) in [6.45, 7) is 1.61. The predicted molar refractivity (Wildman–Crippen MR) is 67.3 cm³/mol. The van der Waals surface area contributed by atoms with E-state index in [-0.39, 0.29) is 17.1 Å². The van der Waals surface area contributed by atoms with E-state index in [0.717, 1.165) is 5.69 Å². The highest BCUT2D eigenvalue weighted by Gasteiger charge is 2.14. The van der Waals surface area contributed by atoms with Crippen LogP contribution in [0.1, 0.15) is 16.1 Å². The molecule has 18 heavy (non-hydrogen) atoms. The lowest BCUT2D eigenvalue weighted by Crippen LogP contribution is -2.06. The molecule has 0 radical (unpaired) electrons. The average molecular weight is 244 g/mol. The molecule has 3 N–H and O–H groups in total. The molecular formula is C13H12N2O3. The number of pyridine rings is 1. The zero-order chi connectivity index (χ0) is 13.1. The number of rotatable bonds is 3. The molecule has 0 amide bonds. The van der Waals surface area contributed by atoms with Crippen molar-refractivity contribution >= 4 is 17.5 Å². The summed E-state index contributed by atoms with van der Waals surface area (Å²) in [6.07, 6.45) is 0. The number of hydrogen-bond acceptors (Lipinski definition) is 4. The highest BCUT2D eigenvalue weighted by molar-refractivity contribution is 5.94. The van der Waals surface area contributed by atoms with E-state index in [9.17, 15) is 9.90 Å². The molecule has 1 heterocycles. The minimum atomic E-state index is -1.14. The zero-order valence-electron chi connectivity index (χ0n) is 9.71.